The summed E-state index contributed by atoms with van der Waals surface area (Å²) in [6.07, 6.45) is 0. The van der Waals surface area contributed by atoms with Crippen molar-refractivity contribution in [3.8, 4) is 21.3 Å². The number of hydrogen-bond acceptors (Lipinski definition) is 1. The molecule has 100 valence electrons. The van der Waals surface area contributed by atoms with E-state index in [1.54, 1.807) is 0 Å². The molecule has 0 atom stereocenters. The average molecular weight is 334 g/mol. The fourth-order valence-electron chi connectivity index (χ4n) is 2.43. The van der Waals surface area contributed by atoms with Crippen LogP contribution >= 0.6 is 0 Å². The molecule has 0 saturated heterocycles. The van der Waals surface area contributed by atoms with Crippen LogP contribution in [-0.4, -0.2) is 19.5 Å². The SMILES string of the molecule is c1ccc(-c2ccc3cc(-c4ccccc4)[se]c3n2)cc1. The fourth-order valence-corrected chi connectivity index (χ4v) is 4.61. The Morgan fingerprint density at radius 1 is 0.667 bits per heavy atom. The van der Waals surface area contributed by atoms with Gasteiger partial charge in [0.1, 0.15) is 0 Å². The zero-order valence-electron chi connectivity index (χ0n) is 11.4. The monoisotopic (exact) mass is 335 g/mol. The second-order valence-corrected chi connectivity index (χ2v) is 7.10. The van der Waals surface area contributed by atoms with E-state index in [9.17, 15) is 0 Å². The maximum atomic E-state index is 4.87. The Hall–Kier alpha value is -2.15. The van der Waals surface area contributed by atoms with Crippen LogP contribution < -0.4 is 0 Å². The molecule has 0 radical (unpaired) electrons. The zero-order chi connectivity index (χ0) is 14.1. The molecule has 0 N–H and O–H groups in total. The van der Waals surface area contributed by atoms with Crippen LogP contribution in [-0.2, 0) is 0 Å². The minimum absolute atomic E-state index is 0.293. The topological polar surface area (TPSA) is 12.9 Å². The molecule has 1 nitrogen and oxygen atoms in total. The summed E-state index contributed by atoms with van der Waals surface area (Å²) in [5.41, 5.74) is 3.57. The first-order valence-electron chi connectivity index (χ1n) is 6.91. The van der Waals surface area contributed by atoms with Gasteiger partial charge in [0.05, 0.1) is 0 Å². The molecule has 0 unspecified atom stereocenters. The van der Waals surface area contributed by atoms with E-state index < -0.39 is 0 Å². The summed E-state index contributed by atoms with van der Waals surface area (Å²) >= 11 is 0.293. The number of nitrogens with zero attached hydrogens (tertiary/aromatic N) is 1. The molecule has 0 bridgehead atoms. The molecule has 0 spiro atoms. The quantitative estimate of drug-likeness (QED) is 0.487. The van der Waals surface area contributed by atoms with Gasteiger partial charge < -0.3 is 0 Å². The van der Waals surface area contributed by atoms with Gasteiger partial charge in [-0.15, -0.1) is 0 Å². The Kier molecular flexibility index (Phi) is 3.19. The molecule has 2 aromatic carbocycles. The molecule has 2 aromatic heterocycles. The summed E-state index contributed by atoms with van der Waals surface area (Å²) in [5.74, 6) is 0. The van der Waals surface area contributed by atoms with Crippen molar-refractivity contribution >= 4 is 24.3 Å². The molecular weight excluding hydrogens is 321 g/mol. The van der Waals surface area contributed by atoms with Crippen molar-refractivity contribution in [1.29, 1.82) is 0 Å². The number of fused-ring (bicyclic) bond motifs is 1. The Morgan fingerprint density at radius 3 is 2.05 bits per heavy atom. The fraction of sp³-hybridized carbons (Fsp3) is 0. The van der Waals surface area contributed by atoms with E-state index in [1.807, 2.05) is 6.07 Å². The van der Waals surface area contributed by atoms with E-state index >= 15 is 0 Å². The molecule has 0 aliphatic rings. The van der Waals surface area contributed by atoms with Crippen molar-refractivity contribution in [3.05, 3.63) is 78.9 Å². The number of hydrogen-bond donors (Lipinski definition) is 0. The van der Waals surface area contributed by atoms with Crippen molar-refractivity contribution in [2.45, 2.75) is 0 Å². The molecule has 4 rings (SSSR count). The van der Waals surface area contributed by atoms with Gasteiger partial charge in [-0.3, -0.25) is 0 Å². The predicted octanol–water partition coefficient (Wildman–Crippen LogP) is 4.63. The van der Waals surface area contributed by atoms with Crippen LogP contribution in [0.4, 0.5) is 0 Å². The first-order valence-corrected chi connectivity index (χ1v) is 8.63. The summed E-state index contributed by atoms with van der Waals surface area (Å²) < 4.78 is 2.65. The maximum absolute atomic E-state index is 4.87. The van der Waals surface area contributed by atoms with E-state index in [0.29, 0.717) is 14.5 Å². The third-order valence-electron chi connectivity index (χ3n) is 3.51. The Bertz CT molecular complexity index is 842. The number of pyridine rings is 1. The van der Waals surface area contributed by atoms with Crippen LogP contribution in [0.15, 0.2) is 78.9 Å². The first-order chi connectivity index (χ1) is 10.4. The van der Waals surface area contributed by atoms with Gasteiger partial charge in [0.15, 0.2) is 0 Å². The first kappa shape index (κ1) is 12.6. The van der Waals surface area contributed by atoms with Crippen LogP contribution in [0, 0.1) is 0 Å². The average Bonchev–Trinajstić information content (AvgIpc) is 2.99. The Morgan fingerprint density at radius 2 is 1.33 bits per heavy atom. The van der Waals surface area contributed by atoms with E-state index in [0.717, 1.165) is 5.69 Å². The second-order valence-electron chi connectivity index (χ2n) is 4.93. The summed E-state index contributed by atoms with van der Waals surface area (Å²) in [5, 5.41) is 1.27. The second kappa shape index (κ2) is 5.32. The van der Waals surface area contributed by atoms with Crippen molar-refractivity contribution in [3.63, 3.8) is 0 Å². The minimum atomic E-state index is 0.293. The summed E-state index contributed by atoms with van der Waals surface area (Å²) in [6.45, 7) is 0. The third kappa shape index (κ3) is 2.44. The van der Waals surface area contributed by atoms with Crippen LogP contribution in [0.1, 0.15) is 0 Å². The van der Waals surface area contributed by atoms with E-state index in [1.165, 1.54) is 25.3 Å². The molecule has 2 heteroatoms. The van der Waals surface area contributed by atoms with E-state index in [2.05, 4.69) is 72.8 Å². The van der Waals surface area contributed by atoms with Crippen molar-refractivity contribution in [2.24, 2.45) is 0 Å². The van der Waals surface area contributed by atoms with Crippen molar-refractivity contribution < 1.29 is 0 Å². The Labute approximate surface area is 129 Å². The van der Waals surface area contributed by atoms with Crippen molar-refractivity contribution in [2.75, 3.05) is 0 Å². The van der Waals surface area contributed by atoms with Gasteiger partial charge in [0.2, 0.25) is 0 Å². The van der Waals surface area contributed by atoms with Gasteiger partial charge in [-0.05, 0) is 0 Å². The molecule has 21 heavy (non-hydrogen) atoms. The van der Waals surface area contributed by atoms with Crippen LogP contribution in [0.3, 0.4) is 0 Å². The van der Waals surface area contributed by atoms with Gasteiger partial charge in [-0.1, -0.05) is 0 Å². The number of aromatic nitrogens is 1. The van der Waals surface area contributed by atoms with Gasteiger partial charge in [-0.2, -0.15) is 0 Å². The van der Waals surface area contributed by atoms with Crippen LogP contribution in [0.5, 0.6) is 0 Å². The molecule has 0 aliphatic heterocycles. The van der Waals surface area contributed by atoms with Gasteiger partial charge in [0.25, 0.3) is 0 Å². The molecule has 0 saturated carbocycles. The van der Waals surface area contributed by atoms with Gasteiger partial charge in [0, 0.05) is 0 Å². The van der Waals surface area contributed by atoms with Crippen LogP contribution in [0.25, 0.3) is 31.0 Å². The molecule has 0 aliphatic carbocycles. The molecule has 0 amide bonds. The van der Waals surface area contributed by atoms with E-state index in [-0.39, 0.29) is 0 Å². The number of rotatable bonds is 2. The third-order valence-corrected chi connectivity index (χ3v) is 5.81. The summed E-state index contributed by atoms with van der Waals surface area (Å²) in [6, 6.07) is 27.6. The number of benzene rings is 2. The summed E-state index contributed by atoms with van der Waals surface area (Å²) in [7, 11) is 0. The standard InChI is InChI=1S/C19H13NSe/c1-3-7-14(8-4-1)17-12-11-16-13-18(21-19(16)20-17)15-9-5-2-6-10-15/h1-13H. The molecule has 2 heterocycles. The predicted molar refractivity (Wildman–Crippen MR) is 89.6 cm³/mol. The molecular formula is C19H13NSe. The van der Waals surface area contributed by atoms with Gasteiger partial charge >= 0.3 is 129 Å². The van der Waals surface area contributed by atoms with Gasteiger partial charge in [-0.25, -0.2) is 0 Å². The summed E-state index contributed by atoms with van der Waals surface area (Å²) in [4.78, 5) is 4.87. The zero-order valence-corrected chi connectivity index (χ0v) is 13.1. The van der Waals surface area contributed by atoms with Crippen molar-refractivity contribution in [1.82, 2.24) is 4.98 Å². The normalized spacial score (nSPS) is 10.9. The van der Waals surface area contributed by atoms with Crippen LogP contribution in [0.2, 0.25) is 0 Å². The molecule has 4 aromatic rings. The van der Waals surface area contributed by atoms with E-state index in [4.69, 9.17) is 4.98 Å². The Balaban J connectivity index is 1.82. The molecule has 0 fully saturated rings.